The number of benzene rings is 2. The second kappa shape index (κ2) is 8.51. The van der Waals surface area contributed by atoms with Crippen LogP contribution in [0.2, 0.25) is 0 Å². The molecule has 2 aromatic carbocycles. The highest BCUT2D eigenvalue weighted by Gasteiger charge is 2.30. The summed E-state index contributed by atoms with van der Waals surface area (Å²) in [4.78, 5) is 18.0. The van der Waals surface area contributed by atoms with Crippen molar-refractivity contribution < 1.29 is 22.4 Å². The molecule has 0 radical (unpaired) electrons. The minimum absolute atomic E-state index is 0.139. The van der Waals surface area contributed by atoms with Crippen LogP contribution in [0.15, 0.2) is 59.1 Å². The van der Waals surface area contributed by atoms with Gasteiger partial charge in [0.05, 0.1) is 11.8 Å². The van der Waals surface area contributed by atoms with Gasteiger partial charge < -0.3 is 9.32 Å². The van der Waals surface area contributed by atoms with Crippen molar-refractivity contribution in [2.24, 2.45) is 0 Å². The fourth-order valence-corrected chi connectivity index (χ4v) is 2.84. The Morgan fingerprint density at radius 2 is 1.72 bits per heavy atom. The smallest absolute Gasteiger partial charge is 0.416 e. The Morgan fingerprint density at radius 3 is 2.34 bits per heavy atom. The van der Waals surface area contributed by atoms with E-state index in [1.807, 2.05) is 31.2 Å². The summed E-state index contributed by atoms with van der Waals surface area (Å²) >= 11 is 0. The summed E-state index contributed by atoms with van der Waals surface area (Å²) in [6.45, 7) is 2.24. The first-order chi connectivity index (χ1) is 13.7. The molecule has 1 amide bonds. The molecule has 0 bridgehead atoms. The fourth-order valence-electron chi connectivity index (χ4n) is 2.84. The number of nitrogens with zero attached hydrogens (tertiary/aromatic N) is 2. The van der Waals surface area contributed by atoms with Gasteiger partial charge in [0.2, 0.25) is 5.91 Å². The number of alkyl halides is 3. The fraction of sp³-hybridized carbons (Fsp3) is 0.273. The first-order valence-corrected chi connectivity index (χ1v) is 9.14. The van der Waals surface area contributed by atoms with Gasteiger partial charge in [0.25, 0.3) is 0 Å². The number of oxazole rings is 1. The third kappa shape index (κ3) is 5.47. The number of carbonyl (C=O) groups excluding carboxylic acids is 1. The van der Waals surface area contributed by atoms with Gasteiger partial charge in [-0.05, 0) is 24.6 Å². The van der Waals surface area contributed by atoms with Crippen molar-refractivity contribution >= 4 is 5.91 Å². The lowest BCUT2D eigenvalue weighted by Gasteiger charge is -2.17. The molecule has 7 heteroatoms. The first kappa shape index (κ1) is 20.6. The van der Waals surface area contributed by atoms with Gasteiger partial charge in [-0.2, -0.15) is 13.2 Å². The second-order valence-corrected chi connectivity index (χ2v) is 6.93. The molecule has 0 saturated heterocycles. The topological polar surface area (TPSA) is 46.3 Å². The molecule has 0 fully saturated rings. The molecule has 3 rings (SSSR count). The van der Waals surface area contributed by atoms with E-state index in [1.165, 1.54) is 17.0 Å². The average molecular weight is 402 g/mol. The summed E-state index contributed by atoms with van der Waals surface area (Å²) in [6.07, 6.45) is -2.18. The third-order valence-electron chi connectivity index (χ3n) is 4.57. The monoisotopic (exact) mass is 402 g/mol. The van der Waals surface area contributed by atoms with Gasteiger partial charge in [-0.3, -0.25) is 4.79 Å². The van der Waals surface area contributed by atoms with Gasteiger partial charge in [-0.25, -0.2) is 4.98 Å². The lowest BCUT2D eigenvalue weighted by molar-refractivity contribution is -0.137. The molecular formula is C22H21F3N2O2. The molecule has 29 heavy (non-hydrogen) atoms. The Morgan fingerprint density at radius 1 is 1.07 bits per heavy atom. The number of aryl methyl sites for hydroxylation is 2. The normalized spacial score (nSPS) is 11.5. The van der Waals surface area contributed by atoms with Gasteiger partial charge in [-0.15, -0.1) is 0 Å². The molecule has 3 aromatic rings. The van der Waals surface area contributed by atoms with E-state index in [1.54, 1.807) is 13.2 Å². The zero-order valence-electron chi connectivity index (χ0n) is 16.2. The molecular weight excluding hydrogens is 381 g/mol. The Bertz CT molecular complexity index is 961. The summed E-state index contributed by atoms with van der Waals surface area (Å²) in [7, 11) is 1.62. The standard InChI is InChI=1S/C22H21F3N2O2/c1-15-3-7-17(8-4-15)19-13-26-20(29-19)11-12-21(28)27(2)14-16-5-9-18(10-6-16)22(23,24)25/h3-10,13H,11-12,14H2,1-2H3. The van der Waals surface area contributed by atoms with E-state index in [0.717, 1.165) is 23.3 Å². The molecule has 0 unspecified atom stereocenters. The van der Waals surface area contributed by atoms with E-state index >= 15 is 0 Å². The summed E-state index contributed by atoms with van der Waals surface area (Å²) in [5.41, 5.74) is 1.99. The van der Waals surface area contributed by atoms with Gasteiger partial charge in [0.1, 0.15) is 0 Å². The highest BCUT2D eigenvalue weighted by atomic mass is 19.4. The predicted molar refractivity (Wildman–Crippen MR) is 103 cm³/mol. The van der Waals surface area contributed by atoms with Crippen molar-refractivity contribution in [3.05, 3.63) is 77.3 Å². The van der Waals surface area contributed by atoms with Crippen LogP contribution in [0, 0.1) is 6.92 Å². The van der Waals surface area contributed by atoms with E-state index in [0.29, 0.717) is 23.6 Å². The van der Waals surface area contributed by atoms with Crippen LogP contribution >= 0.6 is 0 Å². The summed E-state index contributed by atoms with van der Waals surface area (Å²) in [5, 5.41) is 0. The van der Waals surface area contributed by atoms with Crippen molar-refractivity contribution in [1.29, 1.82) is 0 Å². The molecule has 0 aliphatic heterocycles. The van der Waals surface area contributed by atoms with Crippen LogP contribution in [-0.2, 0) is 23.9 Å². The lowest BCUT2D eigenvalue weighted by Crippen LogP contribution is -2.26. The zero-order chi connectivity index (χ0) is 21.0. The Balaban J connectivity index is 1.53. The average Bonchev–Trinajstić information content (AvgIpc) is 3.15. The second-order valence-electron chi connectivity index (χ2n) is 6.93. The predicted octanol–water partition coefficient (Wildman–Crippen LogP) is 5.26. The first-order valence-electron chi connectivity index (χ1n) is 9.14. The van der Waals surface area contributed by atoms with E-state index in [4.69, 9.17) is 4.42 Å². The van der Waals surface area contributed by atoms with Gasteiger partial charge >= 0.3 is 6.18 Å². The SMILES string of the molecule is Cc1ccc(-c2cnc(CCC(=O)N(C)Cc3ccc(C(F)(F)F)cc3)o2)cc1. The number of rotatable bonds is 6. The number of amides is 1. The highest BCUT2D eigenvalue weighted by molar-refractivity contribution is 5.76. The number of carbonyl (C=O) groups is 1. The molecule has 0 aliphatic rings. The van der Waals surface area contributed by atoms with E-state index in [-0.39, 0.29) is 18.9 Å². The number of aromatic nitrogens is 1. The van der Waals surface area contributed by atoms with E-state index < -0.39 is 11.7 Å². The highest BCUT2D eigenvalue weighted by Crippen LogP contribution is 2.29. The quantitative estimate of drug-likeness (QED) is 0.565. The largest absolute Gasteiger partial charge is 0.441 e. The van der Waals surface area contributed by atoms with E-state index in [9.17, 15) is 18.0 Å². The van der Waals surface area contributed by atoms with Crippen LogP contribution in [0.25, 0.3) is 11.3 Å². The van der Waals surface area contributed by atoms with Crippen LogP contribution in [0.5, 0.6) is 0 Å². The number of hydrogen-bond acceptors (Lipinski definition) is 3. The molecule has 4 nitrogen and oxygen atoms in total. The molecule has 0 atom stereocenters. The number of hydrogen-bond donors (Lipinski definition) is 0. The maximum Gasteiger partial charge on any atom is 0.416 e. The molecule has 0 aliphatic carbocycles. The summed E-state index contributed by atoms with van der Waals surface area (Å²) < 4.78 is 43.6. The summed E-state index contributed by atoms with van der Waals surface area (Å²) in [6, 6.07) is 12.7. The van der Waals surface area contributed by atoms with Gasteiger partial charge in [-0.1, -0.05) is 42.0 Å². The van der Waals surface area contributed by atoms with Crippen LogP contribution < -0.4 is 0 Å². The van der Waals surface area contributed by atoms with Gasteiger partial charge in [0.15, 0.2) is 11.7 Å². The van der Waals surface area contributed by atoms with Crippen LogP contribution in [-0.4, -0.2) is 22.8 Å². The maximum absolute atomic E-state index is 12.6. The van der Waals surface area contributed by atoms with Gasteiger partial charge in [0, 0.05) is 32.0 Å². The molecule has 152 valence electrons. The van der Waals surface area contributed by atoms with Crippen molar-refractivity contribution in [3.63, 3.8) is 0 Å². The van der Waals surface area contributed by atoms with Crippen LogP contribution in [0.1, 0.15) is 29.0 Å². The maximum atomic E-state index is 12.6. The van der Waals surface area contributed by atoms with Crippen molar-refractivity contribution in [3.8, 4) is 11.3 Å². The third-order valence-corrected chi connectivity index (χ3v) is 4.57. The molecule has 1 heterocycles. The Kier molecular flexibility index (Phi) is 6.06. The Hall–Kier alpha value is -3.09. The molecule has 1 aromatic heterocycles. The number of halogens is 3. The minimum Gasteiger partial charge on any atom is -0.441 e. The lowest BCUT2D eigenvalue weighted by atomic mass is 10.1. The van der Waals surface area contributed by atoms with E-state index in [2.05, 4.69) is 4.98 Å². The van der Waals surface area contributed by atoms with Crippen molar-refractivity contribution in [2.75, 3.05) is 7.05 Å². The zero-order valence-corrected chi connectivity index (χ0v) is 16.2. The van der Waals surface area contributed by atoms with Crippen molar-refractivity contribution in [1.82, 2.24) is 9.88 Å². The van der Waals surface area contributed by atoms with Crippen molar-refractivity contribution in [2.45, 2.75) is 32.5 Å². The Labute approximate surface area is 167 Å². The minimum atomic E-state index is -4.37. The van der Waals surface area contributed by atoms with Crippen LogP contribution in [0.4, 0.5) is 13.2 Å². The molecule has 0 N–H and O–H groups in total. The molecule has 0 saturated carbocycles. The summed E-state index contributed by atoms with van der Waals surface area (Å²) in [5.74, 6) is 0.974. The van der Waals surface area contributed by atoms with Crippen LogP contribution in [0.3, 0.4) is 0 Å². The molecule has 0 spiro atoms.